The molecule has 0 saturated heterocycles. The second kappa shape index (κ2) is 7.00. The Morgan fingerprint density at radius 1 is 1.31 bits per heavy atom. The zero-order chi connectivity index (χ0) is 12.0. The average Bonchev–Trinajstić information content (AvgIpc) is 2.32. The normalized spacial score (nSPS) is 32.6. The van der Waals surface area contributed by atoms with E-state index in [1.54, 1.807) is 0 Å². The topological polar surface area (TPSA) is 9.23 Å². The van der Waals surface area contributed by atoms with Gasteiger partial charge in [-0.2, -0.15) is 0 Å². The van der Waals surface area contributed by atoms with Gasteiger partial charge in [-0.05, 0) is 44.9 Å². The molecule has 2 heteroatoms. The maximum absolute atomic E-state index is 6.26. The maximum Gasteiger partial charge on any atom is 0.0782 e. The summed E-state index contributed by atoms with van der Waals surface area (Å²) in [6, 6.07) is 0. The van der Waals surface area contributed by atoms with Gasteiger partial charge in [-0.3, -0.25) is 0 Å². The Morgan fingerprint density at radius 3 is 2.38 bits per heavy atom. The van der Waals surface area contributed by atoms with Gasteiger partial charge >= 0.3 is 0 Å². The van der Waals surface area contributed by atoms with E-state index in [1.807, 2.05) is 0 Å². The van der Waals surface area contributed by atoms with Crippen molar-refractivity contribution in [3.05, 3.63) is 0 Å². The lowest BCUT2D eigenvalue weighted by Gasteiger charge is -2.40. The highest BCUT2D eigenvalue weighted by Gasteiger charge is 2.36. The minimum Gasteiger partial charge on any atom is -0.371 e. The van der Waals surface area contributed by atoms with Gasteiger partial charge in [-0.25, -0.2) is 0 Å². The summed E-state index contributed by atoms with van der Waals surface area (Å²) in [6.07, 6.45) is 9.46. The third kappa shape index (κ3) is 4.03. The quantitative estimate of drug-likeness (QED) is 0.631. The SMILES string of the molecule is CCCC1CCC(CBr)(OC(C)CC)CC1. The van der Waals surface area contributed by atoms with Crippen molar-refractivity contribution in [2.24, 2.45) is 5.92 Å². The third-order valence-electron chi connectivity index (χ3n) is 3.98. The predicted molar refractivity (Wildman–Crippen MR) is 74.2 cm³/mol. The standard InChI is InChI=1S/C14H27BrO/c1-4-6-13-7-9-14(11-15,10-8-13)16-12(3)5-2/h12-13H,4-11H2,1-3H3. The van der Waals surface area contributed by atoms with Crippen LogP contribution < -0.4 is 0 Å². The molecule has 1 aliphatic rings. The van der Waals surface area contributed by atoms with Crippen molar-refractivity contribution in [1.82, 2.24) is 0 Å². The first kappa shape index (κ1) is 14.5. The van der Waals surface area contributed by atoms with Gasteiger partial charge in [-0.15, -0.1) is 0 Å². The molecule has 0 aromatic heterocycles. The van der Waals surface area contributed by atoms with Crippen molar-refractivity contribution >= 4 is 15.9 Å². The Labute approximate surface area is 109 Å². The molecule has 1 unspecified atom stereocenters. The molecule has 0 radical (unpaired) electrons. The lowest BCUT2D eigenvalue weighted by Crippen LogP contribution is -2.41. The van der Waals surface area contributed by atoms with Crippen LogP contribution in [0.15, 0.2) is 0 Å². The summed E-state index contributed by atoms with van der Waals surface area (Å²) in [5.41, 5.74) is 0.139. The van der Waals surface area contributed by atoms with E-state index in [9.17, 15) is 0 Å². The fraction of sp³-hybridized carbons (Fsp3) is 1.00. The molecule has 0 N–H and O–H groups in total. The zero-order valence-electron chi connectivity index (χ0n) is 11.1. The van der Waals surface area contributed by atoms with E-state index in [4.69, 9.17) is 4.74 Å². The Bertz CT molecular complexity index is 185. The van der Waals surface area contributed by atoms with Crippen molar-refractivity contribution < 1.29 is 4.74 Å². The summed E-state index contributed by atoms with van der Waals surface area (Å²) in [5.74, 6) is 0.956. The molecule has 96 valence electrons. The molecule has 0 aliphatic heterocycles. The van der Waals surface area contributed by atoms with Crippen LogP contribution >= 0.6 is 15.9 Å². The number of halogens is 1. The largest absolute Gasteiger partial charge is 0.371 e. The molecule has 1 fully saturated rings. The molecular weight excluding hydrogens is 264 g/mol. The third-order valence-corrected chi connectivity index (χ3v) is 5.00. The van der Waals surface area contributed by atoms with E-state index in [0.29, 0.717) is 6.10 Å². The van der Waals surface area contributed by atoms with Crippen LogP contribution in [0.3, 0.4) is 0 Å². The van der Waals surface area contributed by atoms with Crippen LogP contribution in [0.25, 0.3) is 0 Å². The second-order valence-electron chi connectivity index (χ2n) is 5.39. The first-order valence-corrected chi connectivity index (χ1v) is 8.01. The number of ether oxygens (including phenoxy) is 1. The van der Waals surface area contributed by atoms with Crippen LogP contribution in [0.2, 0.25) is 0 Å². The first-order valence-electron chi connectivity index (χ1n) is 6.89. The van der Waals surface area contributed by atoms with Crippen LogP contribution in [-0.4, -0.2) is 17.0 Å². The predicted octanol–water partition coefficient (Wildman–Crippen LogP) is 4.93. The van der Waals surface area contributed by atoms with Gasteiger partial charge in [0.05, 0.1) is 11.7 Å². The first-order chi connectivity index (χ1) is 7.65. The average molecular weight is 291 g/mol. The Hall–Kier alpha value is 0.440. The number of rotatable bonds is 6. The summed E-state index contributed by atoms with van der Waals surface area (Å²) >= 11 is 3.66. The molecule has 0 heterocycles. The molecule has 1 nitrogen and oxygen atoms in total. The molecule has 0 amide bonds. The van der Waals surface area contributed by atoms with Crippen LogP contribution in [-0.2, 0) is 4.74 Å². The lowest BCUT2D eigenvalue weighted by molar-refractivity contribution is -0.0986. The summed E-state index contributed by atoms with van der Waals surface area (Å²) in [4.78, 5) is 0. The smallest absolute Gasteiger partial charge is 0.0782 e. The van der Waals surface area contributed by atoms with E-state index >= 15 is 0 Å². The van der Waals surface area contributed by atoms with Crippen molar-refractivity contribution in [2.45, 2.75) is 77.4 Å². The molecule has 0 aromatic carbocycles. The number of hydrogen-bond acceptors (Lipinski definition) is 1. The second-order valence-corrected chi connectivity index (χ2v) is 5.95. The van der Waals surface area contributed by atoms with Gasteiger partial charge in [0.25, 0.3) is 0 Å². The fourth-order valence-electron chi connectivity index (χ4n) is 2.69. The van der Waals surface area contributed by atoms with Gasteiger partial charge in [0.15, 0.2) is 0 Å². The van der Waals surface area contributed by atoms with Gasteiger partial charge < -0.3 is 4.74 Å². The highest BCUT2D eigenvalue weighted by molar-refractivity contribution is 9.09. The number of alkyl halides is 1. The number of hydrogen-bond donors (Lipinski definition) is 0. The summed E-state index contributed by atoms with van der Waals surface area (Å²) < 4.78 is 6.26. The van der Waals surface area contributed by atoms with Crippen LogP contribution in [0, 0.1) is 5.92 Å². The van der Waals surface area contributed by atoms with Gasteiger partial charge in [0.1, 0.15) is 0 Å². The van der Waals surface area contributed by atoms with E-state index in [2.05, 4.69) is 36.7 Å². The van der Waals surface area contributed by atoms with Crippen molar-refractivity contribution in [3.63, 3.8) is 0 Å². The van der Waals surface area contributed by atoms with E-state index in [-0.39, 0.29) is 5.60 Å². The van der Waals surface area contributed by atoms with Crippen LogP contribution in [0.5, 0.6) is 0 Å². The maximum atomic E-state index is 6.26. The fourth-order valence-corrected chi connectivity index (χ4v) is 3.39. The van der Waals surface area contributed by atoms with Crippen LogP contribution in [0.4, 0.5) is 0 Å². The molecule has 0 spiro atoms. The summed E-state index contributed by atoms with van der Waals surface area (Å²) in [6.45, 7) is 6.69. The van der Waals surface area contributed by atoms with E-state index < -0.39 is 0 Å². The van der Waals surface area contributed by atoms with Gasteiger partial charge in [-0.1, -0.05) is 42.6 Å². The molecule has 16 heavy (non-hydrogen) atoms. The zero-order valence-corrected chi connectivity index (χ0v) is 12.7. The van der Waals surface area contributed by atoms with Gasteiger partial charge in [0, 0.05) is 5.33 Å². The monoisotopic (exact) mass is 290 g/mol. The van der Waals surface area contributed by atoms with Crippen LogP contribution in [0.1, 0.15) is 65.7 Å². The van der Waals surface area contributed by atoms with Crippen molar-refractivity contribution in [2.75, 3.05) is 5.33 Å². The molecule has 0 aromatic rings. The van der Waals surface area contributed by atoms with E-state index in [0.717, 1.165) is 17.7 Å². The summed E-state index contributed by atoms with van der Waals surface area (Å²) in [5, 5.41) is 1.00. The Kier molecular flexibility index (Phi) is 6.35. The van der Waals surface area contributed by atoms with Crippen molar-refractivity contribution in [3.8, 4) is 0 Å². The minimum atomic E-state index is 0.139. The van der Waals surface area contributed by atoms with E-state index in [1.165, 1.54) is 38.5 Å². The molecule has 1 saturated carbocycles. The van der Waals surface area contributed by atoms with Crippen molar-refractivity contribution in [1.29, 1.82) is 0 Å². The summed E-state index contributed by atoms with van der Waals surface area (Å²) in [7, 11) is 0. The molecule has 1 atom stereocenters. The highest BCUT2D eigenvalue weighted by Crippen LogP contribution is 2.38. The molecular formula is C14H27BrO. The molecule has 1 aliphatic carbocycles. The molecule has 1 rings (SSSR count). The van der Waals surface area contributed by atoms with Gasteiger partial charge in [0.2, 0.25) is 0 Å². The Balaban J connectivity index is 2.44. The minimum absolute atomic E-state index is 0.139. The molecule has 0 bridgehead atoms. The lowest BCUT2D eigenvalue weighted by atomic mass is 9.78. The highest BCUT2D eigenvalue weighted by atomic mass is 79.9. The Morgan fingerprint density at radius 2 is 1.94 bits per heavy atom.